The molecular weight excluding hydrogens is 443 g/mol. The summed E-state index contributed by atoms with van der Waals surface area (Å²) in [7, 11) is 2.10. The maximum absolute atomic E-state index is 11.1. The summed E-state index contributed by atoms with van der Waals surface area (Å²) in [6, 6.07) is 19.0. The smallest absolute Gasteiger partial charge is 0.119 e. The van der Waals surface area contributed by atoms with Gasteiger partial charge >= 0.3 is 0 Å². The number of unbranched alkanes of at least 4 members (excludes halogenated alkanes) is 1. The maximum Gasteiger partial charge on any atom is 0.119 e. The van der Waals surface area contributed by atoms with E-state index in [1.54, 1.807) is 0 Å². The Morgan fingerprint density at radius 1 is 1.00 bits per heavy atom. The van der Waals surface area contributed by atoms with Crippen LogP contribution in [-0.2, 0) is 6.42 Å². The number of hydrogen-bond donors (Lipinski definition) is 1. The average molecular weight is 484 g/mol. The Bertz CT molecular complexity index is 735. The van der Waals surface area contributed by atoms with Crippen LogP contribution in [0.15, 0.2) is 54.6 Å². The zero-order valence-corrected chi connectivity index (χ0v) is 21.2. The van der Waals surface area contributed by atoms with E-state index in [0.717, 1.165) is 77.1 Å². The van der Waals surface area contributed by atoms with Gasteiger partial charge in [-0.1, -0.05) is 43.7 Å². The van der Waals surface area contributed by atoms with E-state index in [4.69, 9.17) is 4.74 Å². The molecule has 1 heterocycles. The van der Waals surface area contributed by atoms with Crippen LogP contribution in [0.25, 0.3) is 0 Å². The first-order chi connectivity index (χ1) is 14.6. The van der Waals surface area contributed by atoms with Crippen molar-refractivity contribution in [2.24, 2.45) is 0 Å². The van der Waals surface area contributed by atoms with Crippen LogP contribution in [0.4, 0.5) is 5.69 Å². The number of likely N-dealkylation sites (tertiary alicyclic amines) is 1. The van der Waals surface area contributed by atoms with Crippen LogP contribution in [0.1, 0.15) is 44.6 Å². The van der Waals surface area contributed by atoms with Gasteiger partial charge in [-0.15, -0.1) is 24.8 Å². The van der Waals surface area contributed by atoms with E-state index in [9.17, 15) is 5.11 Å². The molecule has 1 fully saturated rings. The van der Waals surface area contributed by atoms with Crippen molar-refractivity contribution >= 4 is 30.5 Å². The third-order valence-electron chi connectivity index (χ3n) is 6.30. The molecule has 0 atom stereocenters. The van der Waals surface area contributed by atoms with Crippen molar-refractivity contribution in [2.45, 2.75) is 51.0 Å². The lowest BCUT2D eigenvalue weighted by Crippen LogP contribution is -2.46. The Morgan fingerprint density at radius 3 is 2.28 bits per heavy atom. The molecule has 3 rings (SSSR count). The minimum Gasteiger partial charge on any atom is -0.494 e. The van der Waals surface area contributed by atoms with Gasteiger partial charge in [0.05, 0.1) is 12.2 Å². The fourth-order valence-corrected chi connectivity index (χ4v) is 4.01. The Hall–Kier alpha value is -1.46. The topological polar surface area (TPSA) is 35.9 Å². The van der Waals surface area contributed by atoms with Gasteiger partial charge in [-0.3, -0.25) is 0 Å². The molecule has 0 radical (unpaired) electrons. The second kappa shape index (κ2) is 14.6. The number of nitrogens with zero attached hydrogens (tertiary/aromatic N) is 2. The molecule has 6 heteroatoms. The normalized spacial score (nSPS) is 15.3. The number of rotatable bonds is 11. The van der Waals surface area contributed by atoms with Gasteiger partial charge < -0.3 is 19.6 Å². The van der Waals surface area contributed by atoms with Crippen molar-refractivity contribution in [1.29, 1.82) is 0 Å². The number of ether oxygens (including phenoxy) is 1. The van der Waals surface area contributed by atoms with E-state index >= 15 is 0 Å². The first kappa shape index (κ1) is 28.6. The average Bonchev–Trinajstić information content (AvgIpc) is 2.79. The van der Waals surface area contributed by atoms with Crippen molar-refractivity contribution in [3.05, 3.63) is 60.2 Å². The molecule has 0 unspecified atom stereocenters. The lowest BCUT2D eigenvalue weighted by atomic mass is 9.88. The molecule has 180 valence electrons. The summed E-state index contributed by atoms with van der Waals surface area (Å²) >= 11 is 0. The summed E-state index contributed by atoms with van der Waals surface area (Å²) in [5.74, 6) is 0.933. The fourth-order valence-electron chi connectivity index (χ4n) is 4.01. The van der Waals surface area contributed by atoms with E-state index in [2.05, 4.69) is 66.2 Å². The van der Waals surface area contributed by atoms with Gasteiger partial charge in [0.15, 0.2) is 0 Å². The van der Waals surface area contributed by atoms with E-state index < -0.39 is 5.60 Å². The largest absolute Gasteiger partial charge is 0.494 e. The Labute approximate surface area is 206 Å². The molecule has 0 bridgehead atoms. The molecule has 0 spiro atoms. The van der Waals surface area contributed by atoms with Crippen LogP contribution < -0.4 is 9.64 Å². The monoisotopic (exact) mass is 482 g/mol. The fraction of sp³-hybridized carbons (Fsp3) is 0.538. The van der Waals surface area contributed by atoms with E-state index in [-0.39, 0.29) is 24.8 Å². The van der Waals surface area contributed by atoms with Crippen molar-refractivity contribution in [3.63, 3.8) is 0 Å². The van der Waals surface area contributed by atoms with Gasteiger partial charge in [-0.2, -0.15) is 0 Å². The number of aliphatic hydroxyl groups is 1. The van der Waals surface area contributed by atoms with E-state index in [1.807, 2.05) is 12.1 Å². The molecule has 1 aliphatic heterocycles. The minimum atomic E-state index is -0.541. The highest BCUT2D eigenvalue weighted by Gasteiger charge is 2.32. The predicted molar refractivity (Wildman–Crippen MR) is 140 cm³/mol. The van der Waals surface area contributed by atoms with Gasteiger partial charge in [0.1, 0.15) is 5.75 Å². The summed E-state index contributed by atoms with van der Waals surface area (Å²) in [6.07, 6.45) is 5.85. The molecule has 2 aromatic carbocycles. The molecule has 32 heavy (non-hydrogen) atoms. The van der Waals surface area contributed by atoms with Crippen molar-refractivity contribution in [3.8, 4) is 5.75 Å². The standard InChI is InChI=1S/C26H38N2O2.2ClH/c1-3-4-22-30-25-12-10-24(11-13-25)27(2)19-15-26(29)16-20-28(21-17-26)18-14-23-8-6-5-7-9-23;;/h5-13,29H,3-4,14-22H2,1-2H3;2*1H. The molecule has 0 amide bonds. The summed E-state index contributed by atoms with van der Waals surface area (Å²) in [5, 5.41) is 11.1. The molecule has 0 aliphatic carbocycles. The second-order valence-corrected chi connectivity index (χ2v) is 8.67. The van der Waals surface area contributed by atoms with E-state index in [1.165, 1.54) is 11.3 Å². The summed E-state index contributed by atoms with van der Waals surface area (Å²) in [4.78, 5) is 4.72. The molecule has 4 nitrogen and oxygen atoms in total. The highest BCUT2D eigenvalue weighted by atomic mass is 35.5. The molecule has 0 saturated carbocycles. The highest BCUT2D eigenvalue weighted by Crippen LogP contribution is 2.27. The summed E-state index contributed by atoms with van der Waals surface area (Å²) in [6.45, 7) is 6.85. The molecular formula is C26H40Cl2N2O2. The second-order valence-electron chi connectivity index (χ2n) is 8.67. The molecule has 1 aliphatic rings. The molecule has 0 aromatic heterocycles. The predicted octanol–water partition coefficient (Wildman–Crippen LogP) is 5.61. The van der Waals surface area contributed by atoms with Gasteiger partial charge in [0, 0.05) is 38.9 Å². The highest BCUT2D eigenvalue weighted by molar-refractivity contribution is 5.85. The first-order valence-corrected chi connectivity index (χ1v) is 11.5. The van der Waals surface area contributed by atoms with Gasteiger partial charge in [0.25, 0.3) is 0 Å². The van der Waals surface area contributed by atoms with Gasteiger partial charge in [-0.05, 0) is 61.9 Å². The van der Waals surface area contributed by atoms with Crippen molar-refractivity contribution < 1.29 is 9.84 Å². The first-order valence-electron chi connectivity index (χ1n) is 11.5. The molecule has 2 aromatic rings. The van der Waals surface area contributed by atoms with Crippen molar-refractivity contribution in [2.75, 3.05) is 44.7 Å². The van der Waals surface area contributed by atoms with Crippen LogP contribution >= 0.6 is 24.8 Å². The number of benzene rings is 2. The van der Waals surface area contributed by atoms with Gasteiger partial charge in [0.2, 0.25) is 0 Å². The minimum absolute atomic E-state index is 0. The Kier molecular flexibility index (Phi) is 13.1. The SMILES string of the molecule is CCCCOc1ccc(N(C)CCC2(O)CCN(CCc3ccccc3)CC2)cc1.Cl.Cl. The van der Waals surface area contributed by atoms with Crippen LogP contribution in [-0.4, -0.2) is 55.4 Å². The number of hydrogen-bond acceptors (Lipinski definition) is 4. The summed E-state index contributed by atoms with van der Waals surface area (Å²) in [5.41, 5.74) is 2.02. The molecule has 1 N–H and O–H groups in total. The number of piperidine rings is 1. The van der Waals surface area contributed by atoms with Crippen LogP contribution in [0.3, 0.4) is 0 Å². The maximum atomic E-state index is 11.1. The Balaban J connectivity index is 0.00000256. The van der Waals surface area contributed by atoms with E-state index in [0.29, 0.717) is 0 Å². The number of anilines is 1. The zero-order chi connectivity index (χ0) is 21.2. The van der Waals surface area contributed by atoms with Gasteiger partial charge in [-0.25, -0.2) is 0 Å². The van der Waals surface area contributed by atoms with Crippen LogP contribution in [0.2, 0.25) is 0 Å². The third kappa shape index (κ3) is 9.19. The quantitative estimate of drug-likeness (QED) is 0.422. The van der Waals surface area contributed by atoms with Crippen LogP contribution in [0, 0.1) is 0 Å². The third-order valence-corrected chi connectivity index (χ3v) is 6.30. The number of halogens is 2. The summed E-state index contributed by atoms with van der Waals surface area (Å²) < 4.78 is 5.75. The zero-order valence-electron chi connectivity index (χ0n) is 19.5. The lowest BCUT2D eigenvalue weighted by Gasteiger charge is -2.39. The van der Waals surface area contributed by atoms with Crippen molar-refractivity contribution in [1.82, 2.24) is 4.90 Å². The lowest BCUT2D eigenvalue weighted by molar-refractivity contribution is -0.0254. The van der Waals surface area contributed by atoms with Crippen LogP contribution in [0.5, 0.6) is 5.75 Å². The molecule has 1 saturated heterocycles. The Morgan fingerprint density at radius 2 is 1.66 bits per heavy atom.